The third kappa shape index (κ3) is 12.0. The number of rotatable bonds is 9. The van der Waals surface area contributed by atoms with Crippen LogP contribution in [-0.2, 0) is 43.2 Å². The van der Waals surface area contributed by atoms with Crippen LogP contribution in [0.2, 0.25) is 0 Å². The number of primary amides is 1. The first-order valence-corrected chi connectivity index (χ1v) is 18.8. The molecule has 1 aliphatic rings. The summed E-state index contributed by atoms with van der Waals surface area (Å²) in [5, 5.41) is 20.8. The molecular weight excluding hydrogens is 689 g/mol. The fraction of sp³-hybridized carbons (Fsp3) is 0.378. The summed E-state index contributed by atoms with van der Waals surface area (Å²) in [5.41, 5.74) is 14.3. The number of nitrogens with one attached hydrogen (secondary N) is 4. The zero-order valence-electron chi connectivity index (χ0n) is 28.7. The normalized spacial score (nSPS) is 22.5. The highest BCUT2D eigenvalue weighted by molar-refractivity contribution is 8.03. The standard InChI is InChI=1S/C37H46N6O6S2/c1-37(2)31(32(39)45)43-35(48)29(21-24-11-7-4-8-12-24)40-34(47)28(20-23-9-5-3-6-10-23)41-36(49)30(22-50-17-18-51-37)42-33(46)27(38)19-25-13-15-26(44)16-14-25/h3-16,27-31,44H,17-22,38H2,1-2H3,(H2,39,45)(H,40,47)(H,41,49)(H,42,46)(H,43,48)/t27-,28-,29-,30+,31+/m0/s1. The largest absolute Gasteiger partial charge is 0.508 e. The molecule has 0 radical (unpaired) electrons. The second-order valence-corrected chi connectivity index (χ2v) is 15.8. The molecule has 12 nitrogen and oxygen atoms in total. The van der Waals surface area contributed by atoms with Gasteiger partial charge in [0.25, 0.3) is 0 Å². The smallest absolute Gasteiger partial charge is 0.244 e. The van der Waals surface area contributed by atoms with Gasteiger partial charge in [-0.1, -0.05) is 72.8 Å². The molecule has 0 spiro atoms. The molecule has 3 aromatic rings. The highest BCUT2D eigenvalue weighted by Crippen LogP contribution is 2.29. The van der Waals surface area contributed by atoms with E-state index in [1.807, 2.05) is 74.5 Å². The molecular formula is C37H46N6O6S2. The van der Waals surface area contributed by atoms with E-state index in [1.165, 1.54) is 35.7 Å². The lowest BCUT2D eigenvalue weighted by molar-refractivity contribution is -0.134. The molecule has 0 bridgehead atoms. The molecule has 4 rings (SSSR count). The number of phenolic OH excluding ortho intramolecular Hbond substituents is 1. The van der Waals surface area contributed by atoms with Crippen LogP contribution in [0.25, 0.3) is 0 Å². The number of hydrogen-bond donors (Lipinski definition) is 7. The summed E-state index contributed by atoms with van der Waals surface area (Å²) in [6.45, 7) is 3.63. The lowest BCUT2D eigenvalue weighted by atomic mass is 9.99. The van der Waals surface area contributed by atoms with Crippen molar-refractivity contribution in [2.24, 2.45) is 11.5 Å². The Hall–Kier alpha value is -4.53. The van der Waals surface area contributed by atoms with E-state index in [9.17, 15) is 29.1 Å². The molecule has 0 unspecified atom stereocenters. The van der Waals surface area contributed by atoms with Gasteiger partial charge in [-0.3, -0.25) is 24.0 Å². The van der Waals surface area contributed by atoms with Crippen LogP contribution in [0.4, 0.5) is 0 Å². The molecule has 1 aliphatic heterocycles. The average Bonchev–Trinajstić information content (AvgIpc) is 3.10. The van der Waals surface area contributed by atoms with Gasteiger partial charge in [0, 0.05) is 34.8 Å². The van der Waals surface area contributed by atoms with Crippen LogP contribution in [0.1, 0.15) is 30.5 Å². The minimum atomic E-state index is -1.13. The lowest BCUT2D eigenvalue weighted by Gasteiger charge is -2.34. The molecule has 3 aromatic carbocycles. The van der Waals surface area contributed by atoms with Gasteiger partial charge < -0.3 is 37.8 Å². The minimum absolute atomic E-state index is 0.0873. The summed E-state index contributed by atoms with van der Waals surface area (Å²) in [6, 6.07) is 19.2. The van der Waals surface area contributed by atoms with Gasteiger partial charge >= 0.3 is 0 Å². The molecule has 5 atom stereocenters. The quantitative estimate of drug-likeness (QED) is 0.170. The van der Waals surface area contributed by atoms with E-state index < -0.39 is 64.5 Å². The Kier molecular flexibility index (Phi) is 14.3. The summed E-state index contributed by atoms with van der Waals surface area (Å²) in [5.74, 6) is -1.72. The van der Waals surface area contributed by atoms with Crippen molar-refractivity contribution in [3.8, 4) is 5.75 Å². The maximum absolute atomic E-state index is 14.1. The van der Waals surface area contributed by atoms with Crippen LogP contribution < -0.4 is 32.7 Å². The van der Waals surface area contributed by atoms with Gasteiger partial charge in [0.2, 0.25) is 29.5 Å². The molecule has 0 aromatic heterocycles. The van der Waals surface area contributed by atoms with Crippen molar-refractivity contribution in [1.82, 2.24) is 21.3 Å². The summed E-state index contributed by atoms with van der Waals surface area (Å²) in [4.78, 5) is 67.9. The number of aromatic hydroxyl groups is 1. The molecule has 51 heavy (non-hydrogen) atoms. The predicted octanol–water partition coefficient (Wildman–Crippen LogP) is 1.43. The summed E-state index contributed by atoms with van der Waals surface area (Å²) in [6.07, 6.45) is 0.377. The number of benzene rings is 3. The third-order valence-corrected chi connectivity index (χ3v) is 11.2. The number of thioether (sulfide) groups is 2. The topological polar surface area (TPSA) is 206 Å². The second-order valence-electron chi connectivity index (χ2n) is 12.9. The fourth-order valence-electron chi connectivity index (χ4n) is 5.58. The summed E-state index contributed by atoms with van der Waals surface area (Å²) >= 11 is 2.84. The van der Waals surface area contributed by atoms with Crippen molar-refractivity contribution in [1.29, 1.82) is 0 Å². The highest BCUT2D eigenvalue weighted by Gasteiger charge is 2.38. The van der Waals surface area contributed by atoms with Crippen molar-refractivity contribution in [3.05, 3.63) is 102 Å². The SMILES string of the molecule is CC1(C)SCCSC[C@@H](NC(=O)[C@@H](N)Cc2ccc(O)cc2)C(=O)N[C@@H](Cc2ccccc2)C(=O)N[C@@H](Cc2ccccc2)C(=O)N[C@@H]1C(N)=O. The molecule has 9 N–H and O–H groups in total. The maximum atomic E-state index is 14.1. The lowest BCUT2D eigenvalue weighted by Crippen LogP contribution is -2.62. The molecule has 272 valence electrons. The molecule has 5 amide bonds. The Balaban J connectivity index is 1.64. The van der Waals surface area contributed by atoms with E-state index in [2.05, 4.69) is 21.3 Å². The minimum Gasteiger partial charge on any atom is -0.508 e. The fourth-order valence-corrected chi connectivity index (χ4v) is 7.89. The van der Waals surface area contributed by atoms with Gasteiger partial charge in [-0.25, -0.2) is 0 Å². The van der Waals surface area contributed by atoms with E-state index in [-0.39, 0.29) is 30.8 Å². The van der Waals surface area contributed by atoms with Gasteiger partial charge in [-0.05, 0) is 49.1 Å². The Morgan fingerprint density at radius 1 is 0.804 bits per heavy atom. The van der Waals surface area contributed by atoms with E-state index in [1.54, 1.807) is 12.1 Å². The van der Waals surface area contributed by atoms with E-state index in [0.29, 0.717) is 11.5 Å². The molecule has 1 saturated heterocycles. The monoisotopic (exact) mass is 734 g/mol. The van der Waals surface area contributed by atoms with E-state index in [0.717, 1.165) is 16.7 Å². The number of nitrogens with two attached hydrogens (primary N) is 2. The zero-order valence-corrected chi connectivity index (χ0v) is 30.3. The summed E-state index contributed by atoms with van der Waals surface area (Å²) in [7, 11) is 0. The molecule has 0 saturated carbocycles. The Bertz CT molecular complexity index is 1640. The highest BCUT2D eigenvalue weighted by atomic mass is 32.2. The third-order valence-electron chi connectivity index (χ3n) is 8.45. The van der Waals surface area contributed by atoms with Crippen LogP contribution in [0.15, 0.2) is 84.9 Å². The van der Waals surface area contributed by atoms with Crippen LogP contribution in [0.5, 0.6) is 5.75 Å². The first-order valence-electron chi connectivity index (χ1n) is 16.7. The van der Waals surface area contributed by atoms with Crippen molar-refractivity contribution >= 4 is 53.1 Å². The number of carbonyl (C=O) groups is 5. The average molecular weight is 735 g/mol. The van der Waals surface area contributed by atoms with Crippen molar-refractivity contribution in [2.45, 2.75) is 68.1 Å². The number of amides is 5. The van der Waals surface area contributed by atoms with Gasteiger partial charge in [-0.15, -0.1) is 0 Å². The number of hydrogen-bond acceptors (Lipinski definition) is 9. The van der Waals surface area contributed by atoms with Gasteiger partial charge in [0.1, 0.15) is 29.9 Å². The van der Waals surface area contributed by atoms with E-state index >= 15 is 0 Å². The van der Waals surface area contributed by atoms with Gasteiger partial charge in [-0.2, -0.15) is 23.5 Å². The molecule has 1 heterocycles. The number of carbonyl (C=O) groups excluding carboxylic acids is 5. The molecule has 0 aliphatic carbocycles. The first-order chi connectivity index (χ1) is 24.3. The summed E-state index contributed by atoms with van der Waals surface area (Å²) < 4.78 is -0.817. The van der Waals surface area contributed by atoms with Crippen molar-refractivity contribution in [3.63, 3.8) is 0 Å². The molecule has 1 fully saturated rings. The Morgan fingerprint density at radius 2 is 1.33 bits per heavy atom. The zero-order chi connectivity index (χ0) is 37.0. The van der Waals surface area contributed by atoms with Crippen LogP contribution >= 0.6 is 23.5 Å². The van der Waals surface area contributed by atoms with Crippen LogP contribution in [0.3, 0.4) is 0 Å². The van der Waals surface area contributed by atoms with Crippen molar-refractivity contribution < 1.29 is 29.1 Å². The second kappa shape index (κ2) is 18.6. The van der Waals surface area contributed by atoms with Crippen LogP contribution in [-0.4, -0.2) is 86.9 Å². The molecule has 14 heteroatoms. The number of phenols is 1. The Morgan fingerprint density at radius 3 is 1.88 bits per heavy atom. The van der Waals surface area contributed by atoms with Gasteiger partial charge in [0.15, 0.2) is 0 Å². The maximum Gasteiger partial charge on any atom is 0.244 e. The van der Waals surface area contributed by atoms with E-state index in [4.69, 9.17) is 11.5 Å². The van der Waals surface area contributed by atoms with Gasteiger partial charge in [0.05, 0.1) is 6.04 Å². The van der Waals surface area contributed by atoms with Crippen LogP contribution in [0, 0.1) is 0 Å². The first kappa shape index (κ1) is 39.3. The predicted molar refractivity (Wildman–Crippen MR) is 201 cm³/mol. The Labute approximate surface area is 306 Å². The van der Waals surface area contributed by atoms with Crippen molar-refractivity contribution in [2.75, 3.05) is 17.3 Å².